The minimum absolute atomic E-state index is 0.0200. The number of nitrogens with one attached hydrogen (secondary N) is 2. The zero-order valence-electron chi connectivity index (χ0n) is 20.1. The van der Waals surface area contributed by atoms with Gasteiger partial charge < -0.3 is 10.2 Å². The summed E-state index contributed by atoms with van der Waals surface area (Å²) < 4.78 is 29.0. The minimum Gasteiger partial charge on any atom is -0.339 e. The first kappa shape index (κ1) is 24.5. The summed E-state index contributed by atoms with van der Waals surface area (Å²) in [4.78, 5) is 27.8. The van der Waals surface area contributed by atoms with Crippen LogP contribution >= 0.6 is 0 Å². The quantitative estimate of drug-likeness (QED) is 0.513. The zero-order chi connectivity index (χ0) is 25.2. The van der Waals surface area contributed by atoms with Gasteiger partial charge in [0.1, 0.15) is 0 Å². The lowest BCUT2D eigenvalue weighted by Gasteiger charge is -2.18. The summed E-state index contributed by atoms with van der Waals surface area (Å²) in [6.07, 6.45) is 1.94. The van der Waals surface area contributed by atoms with Crippen molar-refractivity contribution in [2.45, 2.75) is 38.5 Å². The second-order valence-electron chi connectivity index (χ2n) is 8.90. The molecule has 1 saturated heterocycles. The Morgan fingerprint density at radius 3 is 2.26 bits per heavy atom. The lowest BCUT2D eigenvalue weighted by atomic mass is 10.1. The van der Waals surface area contributed by atoms with Crippen molar-refractivity contribution in [3.63, 3.8) is 0 Å². The second-order valence-corrected chi connectivity index (χ2v) is 10.6. The number of anilines is 2. The molecule has 1 aliphatic heterocycles. The van der Waals surface area contributed by atoms with Gasteiger partial charge in [0.15, 0.2) is 0 Å². The van der Waals surface area contributed by atoms with E-state index in [2.05, 4.69) is 10.0 Å². The molecule has 0 aliphatic carbocycles. The molecule has 0 atom stereocenters. The molecule has 3 aromatic rings. The minimum atomic E-state index is -3.93. The molecule has 182 valence electrons. The van der Waals surface area contributed by atoms with E-state index in [9.17, 15) is 18.0 Å². The number of hydrogen-bond acceptors (Lipinski definition) is 4. The van der Waals surface area contributed by atoms with Crippen molar-refractivity contribution in [2.24, 2.45) is 0 Å². The van der Waals surface area contributed by atoms with E-state index in [0.29, 0.717) is 35.6 Å². The number of amides is 2. The molecule has 0 bridgehead atoms. The number of benzene rings is 3. The summed E-state index contributed by atoms with van der Waals surface area (Å²) >= 11 is 0. The second kappa shape index (κ2) is 9.92. The Morgan fingerprint density at radius 2 is 1.54 bits per heavy atom. The molecule has 8 heteroatoms. The maximum absolute atomic E-state index is 13.2. The Balaban J connectivity index is 1.59. The number of aryl methyl sites for hydroxylation is 3. The van der Waals surface area contributed by atoms with E-state index < -0.39 is 15.9 Å². The fraction of sp³-hybridized carbons (Fsp3) is 0.259. The summed E-state index contributed by atoms with van der Waals surface area (Å²) in [6, 6.07) is 16.9. The summed E-state index contributed by atoms with van der Waals surface area (Å²) in [5.74, 6) is -0.613. The molecule has 0 saturated carbocycles. The fourth-order valence-electron chi connectivity index (χ4n) is 4.22. The van der Waals surface area contributed by atoms with Gasteiger partial charge >= 0.3 is 0 Å². The van der Waals surface area contributed by atoms with Crippen molar-refractivity contribution in [3.8, 4) is 0 Å². The van der Waals surface area contributed by atoms with E-state index in [0.717, 1.165) is 24.0 Å². The predicted molar refractivity (Wildman–Crippen MR) is 137 cm³/mol. The smallest absolute Gasteiger partial charge is 0.262 e. The van der Waals surface area contributed by atoms with Gasteiger partial charge in [-0.05, 0) is 75.1 Å². The van der Waals surface area contributed by atoms with E-state index in [1.54, 1.807) is 54.3 Å². The highest BCUT2D eigenvalue weighted by Gasteiger charge is 2.24. The molecule has 2 N–H and O–H groups in total. The van der Waals surface area contributed by atoms with Gasteiger partial charge in [-0.15, -0.1) is 0 Å². The van der Waals surface area contributed by atoms with Crippen LogP contribution in [0, 0.1) is 20.8 Å². The lowest BCUT2D eigenvalue weighted by Crippen LogP contribution is -2.28. The Labute approximate surface area is 206 Å². The number of likely N-dealkylation sites (tertiary alicyclic amines) is 1. The van der Waals surface area contributed by atoms with Crippen molar-refractivity contribution in [1.82, 2.24) is 4.90 Å². The van der Waals surface area contributed by atoms with E-state index in [-0.39, 0.29) is 16.4 Å². The lowest BCUT2D eigenvalue weighted by molar-refractivity contribution is 0.0794. The first-order valence-corrected chi connectivity index (χ1v) is 13.0. The van der Waals surface area contributed by atoms with Crippen LogP contribution in [0.1, 0.15) is 50.2 Å². The molecule has 1 heterocycles. The molecule has 2 amide bonds. The van der Waals surface area contributed by atoms with Gasteiger partial charge in [-0.1, -0.05) is 35.9 Å². The molecule has 35 heavy (non-hydrogen) atoms. The third-order valence-electron chi connectivity index (χ3n) is 6.17. The largest absolute Gasteiger partial charge is 0.339 e. The Kier molecular flexibility index (Phi) is 6.93. The third kappa shape index (κ3) is 5.38. The molecule has 0 spiro atoms. The van der Waals surface area contributed by atoms with Gasteiger partial charge in [0.25, 0.3) is 21.8 Å². The SMILES string of the molecule is Cc1ccc(NS(=O)(=O)c2cc(C(=O)Nc3ccccc3C(=O)N3CCCC3)ccc2C)c(C)c1. The van der Waals surface area contributed by atoms with Crippen molar-refractivity contribution in [2.75, 3.05) is 23.1 Å². The predicted octanol–water partition coefficient (Wildman–Crippen LogP) is 4.90. The van der Waals surface area contributed by atoms with Crippen LogP contribution in [-0.2, 0) is 10.0 Å². The van der Waals surface area contributed by atoms with Gasteiger partial charge in [0.2, 0.25) is 0 Å². The van der Waals surface area contributed by atoms with E-state index in [4.69, 9.17) is 0 Å². The standard InChI is InChI=1S/C27H29N3O4S/c1-18-10-13-23(20(3)16-18)29-35(33,34)25-17-21(12-11-19(25)2)26(31)28-24-9-5-4-8-22(24)27(32)30-14-6-7-15-30/h4-5,8-13,16-17,29H,6-7,14-15H2,1-3H3,(H,28,31). The van der Waals surface area contributed by atoms with Crippen LogP contribution < -0.4 is 10.0 Å². The molecule has 7 nitrogen and oxygen atoms in total. The van der Waals surface area contributed by atoms with Crippen LogP contribution in [0.15, 0.2) is 65.6 Å². The highest BCUT2D eigenvalue weighted by molar-refractivity contribution is 7.92. The highest BCUT2D eigenvalue weighted by Crippen LogP contribution is 2.25. The number of carbonyl (C=O) groups is 2. The Bertz CT molecular complexity index is 1390. The van der Waals surface area contributed by atoms with Gasteiger partial charge in [0, 0.05) is 18.7 Å². The monoisotopic (exact) mass is 491 g/mol. The van der Waals surface area contributed by atoms with Gasteiger partial charge in [0.05, 0.1) is 21.8 Å². The Hall–Kier alpha value is -3.65. The van der Waals surface area contributed by atoms with E-state index in [1.165, 1.54) is 6.07 Å². The van der Waals surface area contributed by atoms with Crippen LogP contribution in [0.4, 0.5) is 11.4 Å². The van der Waals surface area contributed by atoms with Crippen LogP contribution in [0.2, 0.25) is 0 Å². The van der Waals surface area contributed by atoms with Crippen molar-refractivity contribution in [1.29, 1.82) is 0 Å². The van der Waals surface area contributed by atoms with E-state index >= 15 is 0 Å². The molecule has 4 rings (SSSR count). The number of rotatable bonds is 6. The first-order chi connectivity index (χ1) is 16.7. The average Bonchev–Trinajstić information content (AvgIpc) is 3.36. The first-order valence-electron chi connectivity index (χ1n) is 11.6. The number of nitrogens with zero attached hydrogens (tertiary/aromatic N) is 1. The fourth-order valence-corrected chi connectivity index (χ4v) is 5.62. The van der Waals surface area contributed by atoms with Crippen LogP contribution in [0.5, 0.6) is 0 Å². The van der Waals surface area contributed by atoms with Gasteiger partial charge in [-0.25, -0.2) is 8.42 Å². The summed E-state index contributed by atoms with van der Waals surface area (Å²) in [5.41, 5.74) is 3.83. The van der Waals surface area contributed by atoms with Crippen molar-refractivity contribution < 1.29 is 18.0 Å². The van der Waals surface area contributed by atoms with Crippen LogP contribution in [-0.4, -0.2) is 38.2 Å². The topological polar surface area (TPSA) is 95.6 Å². The molecule has 1 fully saturated rings. The maximum atomic E-state index is 13.2. The summed E-state index contributed by atoms with van der Waals surface area (Å²) in [5, 5.41) is 2.79. The summed E-state index contributed by atoms with van der Waals surface area (Å²) in [7, 11) is -3.93. The molecule has 0 unspecified atom stereocenters. The zero-order valence-corrected chi connectivity index (χ0v) is 20.9. The molecule has 0 aromatic heterocycles. The number of carbonyl (C=O) groups excluding carboxylic acids is 2. The molecular weight excluding hydrogens is 462 g/mol. The van der Waals surface area contributed by atoms with Crippen LogP contribution in [0.3, 0.4) is 0 Å². The Morgan fingerprint density at radius 1 is 0.829 bits per heavy atom. The maximum Gasteiger partial charge on any atom is 0.262 e. The molecular formula is C27H29N3O4S. The van der Waals surface area contributed by atoms with Crippen molar-refractivity contribution >= 4 is 33.2 Å². The number of hydrogen-bond donors (Lipinski definition) is 2. The number of para-hydroxylation sites is 1. The molecule has 3 aromatic carbocycles. The van der Waals surface area contributed by atoms with Gasteiger partial charge in [-0.2, -0.15) is 0 Å². The average molecular weight is 492 g/mol. The number of sulfonamides is 1. The van der Waals surface area contributed by atoms with Crippen molar-refractivity contribution in [3.05, 3.63) is 88.5 Å². The van der Waals surface area contributed by atoms with Gasteiger partial charge in [-0.3, -0.25) is 14.3 Å². The normalized spacial score (nSPS) is 13.5. The highest BCUT2D eigenvalue weighted by atomic mass is 32.2. The summed E-state index contributed by atoms with van der Waals surface area (Å²) in [6.45, 7) is 6.86. The van der Waals surface area contributed by atoms with E-state index in [1.807, 2.05) is 26.0 Å². The molecule has 1 aliphatic rings. The third-order valence-corrected chi connectivity index (χ3v) is 7.67. The van der Waals surface area contributed by atoms with Crippen LogP contribution in [0.25, 0.3) is 0 Å². The molecule has 0 radical (unpaired) electrons.